The van der Waals surface area contributed by atoms with Crippen LogP contribution >= 0.6 is 11.6 Å². The number of hydrogen-bond donors (Lipinski definition) is 0. The Morgan fingerprint density at radius 2 is 1.89 bits per heavy atom. The van der Waals surface area contributed by atoms with E-state index in [1.165, 1.54) is 4.90 Å². The molecule has 1 amide bonds. The van der Waals surface area contributed by atoms with Crippen LogP contribution in [0.5, 0.6) is 0 Å². The molecule has 0 radical (unpaired) electrons. The van der Waals surface area contributed by atoms with Gasteiger partial charge >= 0.3 is 0 Å². The van der Waals surface area contributed by atoms with Crippen LogP contribution in [-0.2, 0) is 4.79 Å². The highest BCUT2D eigenvalue weighted by Gasteiger charge is 2.36. The summed E-state index contributed by atoms with van der Waals surface area (Å²) in [5.74, 6) is -0.882. The van der Waals surface area contributed by atoms with Gasteiger partial charge in [0.05, 0.1) is 11.3 Å². The minimum absolute atomic E-state index is 0.116. The minimum Gasteiger partial charge on any atom is -0.305 e. The maximum absolute atomic E-state index is 11.9. The zero-order valence-corrected chi connectivity index (χ0v) is 11.5. The lowest BCUT2D eigenvalue weighted by Crippen LogP contribution is -2.32. The molecule has 1 aromatic rings. The summed E-state index contributed by atoms with van der Waals surface area (Å²) in [6, 6.07) is 4.94. The number of anilines is 1. The third kappa shape index (κ3) is 2.41. The molecule has 1 aromatic carbocycles. The second-order valence-electron chi connectivity index (χ2n) is 5.76. The van der Waals surface area contributed by atoms with E-state index in [2.05, 4.69) is 20.8 Å². The average molecular weight is 266 g/mol. The number of fused-ring (bicyclic) bond motifs is 1. The van der Waals surface area contributed by atoms with Crippen LogP contribution in [0.3, 0.4) is 0 Å². The fraction of sp³-hybridized carbons (Fsp3) is 0.429. The Labute approximate surface area is 112 Å². The van der Waals surface area contributed by atoms with E-state index in [0.29, 0.717) is 22.8 Å². The number of carbonyl (C=O) groups excluding carboxylic acids is 2. The number of hydrogen-bond acceptors (Lipinski definition) is 2. The van der Waals surface area contributed by atoms with Crippen molar-refractivity contribution < 1.29 is 9.59 Å². The van der Waals surface area contributed by atoms with Crippen molar-refractivity contribution in [1.82, 2.24) is 0 Å². The Morgan fingerprint density at radius 3 is 2.50 bits per heavy atom. The molecule has 3 nitrogen and oxygen atoms in total. The maximum Gasteiger partial charge on any atom is 0.299 e. The van der Waals surface area contributed by atoms with E-state index < -0.39 is 11.7 Å². The number of ketones is 1. The summed E-state index contributed by atoms with van der Waals surface area (Å²) in [4.78, 5) is 25.3. The van der Waals surface area contributed by atoms with E-state index in [0.717, 1.165) is 6.42 Å². The van der Waals surface area contributed by atoms with Crippen molar-refractivity contribution in [2.75, 3.05) is 11.4 Å². The Hall–Kier alpha value is -1.35. The normalized spacial score (nSPS) is 15.2. The average Bonchev–Trinajstić information content (AvgIpc) is 2.48. The number of rotatable bonds is 2. The summed E-state index contributed by atoms with van der Waals surface area (Å²) < 4.78 is 0. The summed E-state index contributed by atoms with van der Waals surface area (Å²) in [6.45, 7) is 6.86. The van der Waals surface area contributed by atoms with Crippen LogP contribution in [0.2, 0.25) is 5.02 Å². The van der Waals surface area contributed by atoms with Gasteiger partial charge in [0.2, 0.25) is 0 Å². The Bertz CT molecular complexity index is 517. The smallest absolute Gasteiger partial charge is 0.299 e. The zero-order chi connectivity index (χ0) is 13.5. The lowest BCUT2D eigenvalue weighted by atomic mass is 9.92. The molecule has 0 unspecified atom stereocenters. The van der Waals surface area contributed by atoms with Gasteiger partial charge < -0.3 is 4.90 Å². The van der Waals surface area contributed by atoms with Gasteiger partial charge in [-0.25, -0.2) is 0 Å². The van der Waals surface area contributed by atoms with Crippen molar-refractivity contribution in [3.8, 4) is 0 Å². The fourth-order valence-electron chi connectivity index (χ4n) is 1.94. The number of nitrogens with zero attached hydrogens (tertiary/aromatic N) is 1. The van der Waals surface area contributed by atoms with Gasteiger partial charge in [-0.15, -0.1) is 0 Å². The molecule has 96 valence electrons. The molecule has 0 spiro atoms. The standard InChI is InChI=1S/C14H16ClNO2/c1-14(2,3)6-7-16-11-8-9(15)4-5-10(11)12(17)13(16)18/h4-5,8H,6-7H2,1-3H3. The molecule has 1 aliphatic rings. The third-order valence-corrected chi connectivity index (χ3v) is 3.26. The molecule has 2 rings (SSSR count). The second-order valence-corrected chi connectivity index (χ2v) is 6.19. The molecule has 18 heavy (non-hydrogen) atoms. The van der Waals surface area contributed by atoms with Gasteiger partial charge in [0, 0.05) is 11.6 Å². The molecule has 0 fully saturated rings. The summed E-state index contributed by atoms with van der Waals surface area (Å²) in [6.07, 6.45) is 0.831. The van der Waals surface area contributed by atoms with Gasteiger partial charge in [0.25, 0.3) is 11.7 Å². The van der Waals surface area contributed by atoms with Crippen molar-refractivity contribution in [3.63, 3.8) is 0 Å². The van der Waals surface area contributed by atoms with Crippen molar-refractivity contribution in [2.24, 2.45) is 5.41 Å². The highest BCUT2D eigenvalue weighted by Crippen LogP contribution is 2.32. The van der Waals surface area contributed by atoms with Crippen LogP contribution in [0, 0.1) is 5.41 Å². The third-order valence-electron chi connectivity index (χ3n) is 3.02. The van der Waals surface area contributed by atoms with Crippen LogP contribution in [-0.4, -0.2) is 18.2 Å². The summed E-state index contributed by atoms with van der Waals surface area (Å²) in [7, 11) is 0. The number of halogens is 1. The van der Waals surface area contributed by atoms with E-state index in [4.69, 9.17) is 11.6 Å². The first-order valence-electron chi connectivity index (χ1n) is 5.95. The van der Waals surface area contributed by atoms with Crippen LogP contribution in [0.4, 0.5) is 5.69 Å². The van der Waals surface area contributed by atoms with Gasteiger partial charge in [-0.2, -0.15) is 0 Å². The molecule has 0 aliphatic carbocycles. The first-order chi connectivity index (χ1) is 8.29. The van der Waals surface area contributed by atoms with Crippen LogP contribution < -0.4 is 4.90 Å². The van der Waals surface area contributed by atoms with E-state index >= 15 is 0 Å². The molecule has 0 bridgehead atoms. The molecular formula is C14H16ClNO2. The molecule has 1 heterocycles. The van der Waals surface area contributed by atoms with E-state index in [1.807, 2.05) is 0 Å². The number of carbonyl (C=O) groups is 2. The lowest BCUT2D eigenvalue weighted by Gasteiger charge is -2.23. The van der Waals surface area contributed by atoms with Gasteiger partial charge in [0.1, 0.15) is 0 Å². The first kappa shape index (κ1) is 13.1. The lowest BCUT2D eigenvalue weighted by molar-refractivity contribution is -0.114. The van der Waals surface area contributed by atoms with Gasteiger partial charge in [0.15, 0.2) is 0 Å². The minimum atomic E-state index is -0.448. The van der Waals surface area contributed by atoms with Crippen LogP contribution in [0.25, 0.3) is 0 Å². The molecule has 0 aromatic heterocycles. The Morgan fingerprint density at radius 1 is 1.22 bits per heavy atom. The summed E-state index contributed by atoms with van der Waals surface area (Å²) in [5, 5.41) is 0.539. The van der Waals surface area contributed by atoms with E-state index in [1.54, 1.807) is 18.2 Å². The summed E-state index contributed by atoms with van der Waals surface area (Å²) >= 11 is 5.92. The molecule has 0 atom stereocenters. The highest BCUT2D eigenvalue weighted by atomic mass is 35.5. The Kier molecular flexibility index (Phi) is 3.20. The number of Topliss-reactive ketones (excluding diaryl/α,β-unsaturated/α-hetero) is 1. The molecule has 0 saturated heterocycles. The molecular weight excluding hydrogens is 250 g/mol. The van der Waals surface area contributed by atoms with Crippen molar-refractivity contribution in [2.45, 2.75) is 27.2 Å². The van der Waals surface area contributed by atoms with Crippen molar-refractivity contribution >= 4 is 29.0 Å². The number of amides is 1. The second kappa shape index (κ2) is 4.39. The van der Waals surface area contributed by atoms with E-state index in [-0.39, 0.29) is 5.41 Å². The van der Waals surface area contributed by atoms with Crippen LogP contribution in [0.1, 0.15) is 37.6 Å². The predicted molar refractivity (Wildman–Crippen MR) is 72.2 cm³/mol. The zero-order valence-electron chi connectivity index (χ0n) is 10.8. The van der Waals surface area contributed by atoms with Gasteiger partial charge in [-0.3, -0.25) is 9.59 Å². The quantitative estimate of drug-likeness (QED) is 0.770. The maximum atomic E-state index is 11.9. The SMILES string of the molecule is CC(C)(C)CCN1C(=O)C(=O)c2ccc(Cl)cc21. The van der Waals surface area contributed by atoms with Gasteiger partial charge in [-0.1, -0.05) is 32.4 Å². The van der Waals surface area contributed by atoms with Crippen molar-refractivity contribution in [3.05, 3.63) is 28.8 Å². The topological polar surface area (TPSA) is 37.4 Å². The molecule has 1 aliphatic heterocycles. The van der Waals surface area contributed by atoms with Crippen molar-refractivity contribution in [1.29, 1.82) is 0 Å². The molecule has 4 heteroatoms. The largest absolute Gasteiger partial charge is 0.305 e. The summed E-state index contributed by atoms with van der Waals surface area (Å²) in [5.41, 5.74) is 1.21. The molecule has 0 saturated carbocycles. The monoisotopic (exact) mass is 265 g/mol. The Balaban J connectivity index is 2.30. The fourth-order valence-corrected chi connectivity index (χ4v) is 2.10. The number of benzene rings is 1. The molecule has 0 N–H and O–H groups in total. The predicted octanol–water partition coefficient (Wildman–Crippen LogP) is 3.31. The van der Waals surface area contributed by atoms with Gasteiger partial charge in [-0.05, 0) is 30.0 Å². The first-order valence-corrected chi connectivity index (χ1v) is 6.33. The van der Waals surface area contributed by atoms with Crippen LogP contribution in [0.15, 0.2) is 18.2 Å². The highest BCUT2D eigenvalue weighted by molar-refractivity contribution is 6.52. The van der Waals surface area contributed by atoms with E-state index in [9.17, 15) is 9.59 Å².